The summed E-state index contributed by atoms with van der Waals surface area (Å²) in [6.45, 7) is 10.7. The number of rotatable bonds is 18. The Morgan fingerprint density at radius 2 is 1.21 bits per heavy atom. The molecule has 0 unspecified atom stereocenters. The fraction of sp³-hybridized carbons (Fsp3) is 0.500. The first kappa shape index (κ1) is 61.1. The maximum atomic E-state index is 13.2. The predicted molar refractivity (Wildman–Crippen MR) is 235 cm³/mol. The van der Waals surface area contributed by atoms with Crippen LogP contribution in [0.4, 0.5) is 59.2 Å². The second kappa shape index (κ2) is 29.9. The second-order valence-electron chi connectivity index (χ2n) is 15.6. The number of imidazole rings is 2. The number of carbonyl (C=O) groups excluding carboxylic acids is 3. The number of likely N-dealkylation sites (N-methyl/N-ethyl adjacent to an activating group) is 2. The molecule has 4 heterocycles. The van der Waals surface area contributed by atoms with Crippen LogP contribution in [0.25, 0.3) is 0 Å². The quantitative estimate of drug-likeness (QED) is 0.0370. The molecule has 0 saturated carbocycles. The number of hydrogen-bond acceptors (Lipinski definition) is 10. The van der Waals surface area contributed by atoms with E-state index in [1.807, 2.05) is 27.6 Å². The van der Waals surface area contributed by atoms with Crippen molar-refractivity contribution in [2.75, 3.05) is 86.5 Å². The molecule has 0 fully saturated rings. The van der Waals surface area contributed by atoms with Crippen LogP contribution in [0.3, 0.4) is 0 Å². The smallest absolute Gasteiger partial charge is 0.471 e. The molecule has 0 saturated heterocycles. The number of alkyl halides is 3. The number of azo groups is 2. The van der Waals surface area contributed by atoms with Crippen molar-refractivity contribution < 1.29 is 107 Å². The number of anilines is 4. The molecular weight excluding hydrogens is 1060 g/mol. The minimum Gasteiger partial charge on any atom is -1.00 e. The van der Waals surface area contributed by atoms with E-state index in [2.05, 4.69) is 93.5 Å². The standard InChI is InChI=1S/C24H31F3N8O3.C18H29N8.2BrH.2ClH/c1-17(36)28-8-4-10-33-13-14-34(11-5-9-29-18(2)37)23(33)31-30-19-6-7-20-21(16-19)35(15-12-32(20)3)22(38)24(25,26)27;1-24-11-8-21-16-14-15(4-5-17(16)24)22-23-18-25(9-2-6-19)12-13-26(18)10-3-7-20;;;;/h6-7,13-14,16H,4-5,8-12,15H2,1-3H3,(H-,28,29,36,37);4-5,12-14,21H,2-3,6-11,19-20H2,1H3;4*1H/q;+1;;;;/p-1. The average molecular weight is 1130 g/mol. The molecule has 6 rings (SSSR count). The first-order valence-corrected chi connectivity index (χ1v) is 21.6. The number of halogens is 7. The number of nitrogens with zero attached hydrogens (tertiary/aromatic N) is 11. The average Bonchev–Trinajstić information content (AvgIpc) is 3.85. The number of nitrogens with one attached hydrogen (secondary N) is 3. The van der Waals surface area contributed by atoms with Gasteiger partial charge in [-0.1, -0.05) is 10.2 Å². The van der Waals surface area contributed by atoms with Gasteiger partial charge < -0.3 is 101 Å². The van der Waals surface area contributed by atoms with E-state index in [4.69, 9.17) is 0 Å². The van der Waals surface area contributed by atoms with Gasteiger partial charge in [0.15, 0.2) is 0 Å². The number of fused-ring (bicyclic) bond motifs is 2. The van der Waals surface area contributed by atoms with Crippen molar-refractivity contribution in [3.63, 3.8) is 0 Å². The highest BCUT2D eigenvalue weighted by Gasteiger charge is 2.44. The molecule has 0 radical (unpaired) electrons. The Kier molecular flexibility index (Phi) is 26.9. The summed E-state index contributed by atoms with van der Waals surface area (Å²) >= 11 is 0. The number of amides is 3. The van der Waals surface area contributed by atoms with Gasteiger partial charge in [-0.15, -0.1) is 0 Å². The molecule has 2 aromatic carbocycles. The Morgan fingerprint density at radius 1 is 0.691 bits per heavy atom. The number of quaternary nitrogens is 2. The van der Waals surface area contributed by atoms with Crippen LogP contribution in [0.15, 0.2) is 81.6 Å². The Labute approximate surface area is 428 Å². The largest absolute Gasteiger partial charge is 1.00 e. The van der Waals surface area contributed by atoms with E-state index in [0.29, 0.717) is 50.7 Å². The van der Waals surface area contributed by atoms with Crippen molar-refractivity contribution in [2.24, 2.45) is 20.5 Å². The molecule has 0 atom stereocenters. The first-order valence-electron chi connectivity index (χ1n) is 21.6. The lowest BCUT2D eigenvalue weighted by Gasteiger charge is -2.35. The highest BCUT2D eigenvalue weighted by atomic mass is 79.9. The van der Waals surface area contributed by atoms with Crippen LogP contribution < -0.4 is 110 Å². The van der Waals surface area contributed by atoms with Crippen molar-refractivity contribution in [3.05, 3.63) is 61.2 Å². The zero-order chi connectivity index (χ0) is 46.2. The van der Waals surface area contributed by atoms with Crippen molar-refractivity contribution in [3.8, 4) is 0 Å². The monoisotopic (exact) mass is 1120 g/mol. The summed E-state index contributed by atoms with van der Waals surface area (Å²) < 4.78 is 47.6. The van der Waals surface area contributed by atoms with Crippen LogP contribution in [-0.2, 0) is 40.6 Å². The van der Waals surface area contributed by atoms with Gasteiger partial charge in [0.2, 0.25) is 11.8 Å². The zero-order valence-corrected chi connectivity index (χ0v) is 43.5. The molecular formula is C42H63Br2Cl2F3N16O3. The minimum atomic E-state index is -4.99. The lowest BCUT2D eigenvalue weighted by Crippen LogP contribution is -3.00. The van der Waals surface area contributed by atoms with E-state index in [1.54, 1.807) is 24.1 Å². The van der Waals surface area contributed by atoms with E-state index < -0.39 is 12.1 Å². The molecule has 0 aliphatic carbocycles. The maximum Gasteiger partial charge on any atom is 0.471 e. The van der Waals surface area contributed by atoms with Gasteiger partial charge in [0.25, 0.3) is 0 Å². The minimum absolute atomic E-state index is 0. The van der Waals surface area contributed by atoms with E-state index in [-0.39, 0.29) is 95.1 Å². The van der Waals surface area contributed by atoms with Crippen molar-refractivity contribution in [2.45, 2.75) is 71.9 Å². The van der Waals surface area contributed by atoms with Gasteiger partial charge in [0.05, 0.1) is 86.8 Å². The third-order valence-corrected chi connectivity index (χ3v) is 10.5. The summed E-state index contributed by atoms with van der Waals surface area (Å²) in [5, 5.41) is 26.7. The Morgan fingerprint density at radius 3 is 1.76 bits per heavy atom. The normalized spacial score (nSPS) is 12.9. The molecule has 2 aliphatic heterocycles. The number of benzene rings is 2. The van der Waals surface area contributed by atoms with E-state index >= 15 is 0 Å². The van der Waals surface area contributed by atoms with Gasteiger partial charge in [-0.05, 0) is 49.2 Å². The molecule has 0 bridgehead atoms. The number of hydrogen-bond donors (Lipinski definition) is 5. The second-order valence-corrected chi connectivity index (χ2v) is 15.6. The van der Waals surface area contributed by atoms with Crippen LogP contribution in [0.2, 0.25) is 0 Å². The van der Waals surface area contributed by atoms with Gasteiger partial charge in [0, 0.05) is 90.3 Å². The Hall–Kier alpha value is -4.88. The molecule has 4 aromatic rings. The van der Waals surface area contributed by atoms with Gasteiger partial charge in [0.1, 0.15) is 11.4 Å². The Balaban J connectivity index is 0.000000680. The number of aromatic nitrogens is 4. The fourth-order valence-electron chi connectivity index (χ4n) is 7.15. The Bertz CT molecular complexity index is 2220. The third-order valence-electron chi connectivity index (χ3n) is 10.5. The van der Waals surface area contributed by atoms with Gasteiger partial charge in [-0.3, -0.25) is 14.4 Å². The summed E-state index contributed by atoms with van der Waals surface area (Å²) in [6, 6.07) is 10.9. The molecule has 0 spiro atoms. The van der Waals surface area contributed by atoms with E-state index in [0.717, 1.165) is 74.3 Å². The van der Waals surface area contributed by atoms with E-state index in [9.17, 15) is 27.6 Å². The van der Waals surface area contributed by atoms with Crippen LogP contribution in [0.1, 0.15) is 39.5 Å². The van der Waals surface area contributed by atoms with Gasteiger partial charge in [-0.2, -0.15) is 13.2 Å². The highest BCUT2D eigenvalue weighted by molar-refractivity contribution is 6.01. The van der Waals surface area contributed by atoms with Crippen LogP contribution in [0, 0.1) is 0 Å². The summed E-state index contributed by atoms with van der Waals surface area (Å²) in [6.07, 6.45) is 6.16. The molecule has 19 nitrogen and oxygen atoms in total. The number of carbonyl (C=O) groups is 3. The maximum absolute atomic E-state index is 13.2. The molecule has 378 valence electrons. The topological polar surface area (TPSA) is 219 Å². The van der Waals surface area contributed by atoms with Crippen LogP contribution in [-0.4, -0.2) is 99.5 Å². The molecule has 9 N–H and O–H groups in total. The fourth-order valence-corrected chi connectivity index (χ4v) is 7.15. The van der Waals surface area contributed by atoms with Crippen LogP contribution in [0.5, 0.6) is 0 Å². The first-order chi connectivity index (χ1) is 30.7. The molecule has 68 heavy (non-hydrogen) atoms. The van der Waals surface area contributed by atoms with Gasteiger partial charge >= 0.3 is 24.0 Å². The number of aryl methyl sites for hydroxylation is 4. The molecule has 2 aromatic heterocycles. The molecule has 26 heteroatoms. The molecule has 2 aliphatic rings. The van der Waals surface area contributed by atoms with Crippen molar-refractivity contribution in [1.82, 2.24) is 19.8 Å². The lowest BCUT2D eigenvalue weighted by atomic mass is 10.1. The summed E-state index contributed by atoms with van der Waals surface area (Å²) in [7, 11) is 3.86. The lowest BCUT2D eigenvalue weighted by molar-refractivity contribution is -0.686. The highest BCUT2D eigenvalue weighted by Crippen LogP contribution is 2.38. The summed E-state index contributed by atoms with van der Waals surface area (Å²) in [4.78, 5) is 39.1. The predicted octanol–water partition coefficient (Wildman–Crippen LogP) is -9.08. The van der Waals surface area contributed by atoms with E-state index in [1.165, 1.54) is 25.6 Å². The summed E-state index contributed by atoms with van der Waals surface area (Å²) in [5.41, 5.74) is 11.9. The third kappa shape index (κ3) is 17.6. The van der Waals surface area contributed by atoms with Gasteiger partial charge in [-0.25, -0.2) is 18.3 Å². The SMILES string of the molecule is CC(=O)NCCCn1cc[n+](CCCNC(C)=O)c1N=Nc1ccc2c(c1)N(C(=O)C(F)(F)F)CCN2C.CN1CCNc2cc(N=Nc3n(CCC[NH3+])cc[n+]3CCC[NH3+])ccc21.[Br-].[Br-].[Cl-].[Cl-]. The molecule has 3 amide bonds. The zero-order valence-electron chi connectivity index (χ0n) is 38.8. The van der Waals surface area contributed by atoms with Crippen molar-refractivity contribution >= 4 is 63.7 Å². The van der Waals surface area contributed by atoms with Crippen LogP contribution >= 0.6 is 0 Å². The van der Waals surface area contributed by atoms with Crippen molar-refractivity contribution in [1.29, 1.82) is 0 Å². The summed E-state index contributed by atoms with van der Waals surface area (Å²) in [5.74, 6) is -0.794.